The Hall–Kier alpha value is -3.04. The van der Waals surface area contributed by atoms with Gasteiger partial charge in [0.2, 0.25) is 17.5 Å². The van der Waals surface area contributed by atoms with Crippen molar-refractivity contribution in [3.63, 3.8) is 0 Å². The number of anilines is 1. The summed E-state index contributed by atoms with van der Waals surface area (Å²) >= 11 is 0. The predicted octanol–water partition coefficient (Wildman–Crippen LogP) is 4.36. The Morgan fingerprint density at radius 1 is 1.22 bits per heavy atom. The van der Waals surface area contributed by atoms with Gasteiger partial charge in [-0.2, -0.15) is 10.2 Å². The van der Waals surface area contributed by atoms with Crippen LogP contribution >= 0.6 is 0 Å². The van der Waals surface area contributed by atoms with Gasteiger partial charge < -0.3 is 14.2 Å². The van der Waals surface area contributed by atoms with E-state index in [9.17, 15) is 5.26 Å². The van der Waals surface area contributed by atoms with E-state index in [1.54, 1.807) is 6.26 Å². The molecule has 0 amide bonds. The molecular weight excluding hydrogens is 340 g/mol. The molecule has 3 heterocycles. The molecule has 3 aromatic rings. The highest BCUT2D eigenvalue weighted by Gasteiger charge is 2.26. The number of hydrogen-bond donors (Lipinski definition) is 1. The van der Waals surface area contributed by atoms with Crippen LogP contribution in [-0.4, -0.2) is 29.5 Å². The molecule has 6 heteroatoms. The molecule has 138 valence electrons. The molecule has 0 unspecified atom stereocenters. The fourth-order valence-electron chi connectivity index (χ4n) is 3.47. The highest BCUT2D eigenvalue weighted by atomic mass is 16.4. The Morgan fingerprint density at radius 2 is 2.00 bits per heavy atom. The van der Waals surface area contributed by atoms with Crippen molar-refractivity contribution in [3.8, 4) is 17.5 Å². The summed E-state index contributed by atoms with van der Waals surface area (Å²) < 4.78 is 11.5. The lowest BCUT2D eigenvalue weighted by molar-refractivity contribution is 0.224. The van der Waals surface area contributed by atoms with E-state index in [1.807, 2.05) is 43.3 Å². The van der Waals surface area contributed by atoms with Crippen LogP contribution in [0.4, 0.5) is 5.88 Å². The quantitative estimate of drug-likeness (QED) is 0.702. The van der Waals surface area contributed by atoms with Crippen molar-refractivity contribution in [2.45, 2.75) is 25.8 Å². The van der Waals surface area contributed by atoms with Crippen LogP contribution in [0.2, 0.25) is 0 Å². The van der Waals surface area contributed by atoms with Gasteiger partial charge in [0.1, 0.15) is 11.8 Å². The smallest absolute Gasteiger partial charge is 0.232 e. The number of oxazole rings is 1. The van der Waals surface area contributed by atoms with E-state index in [0.29, 0.717) is 18.3 Å². The third-order valence-corrected chi connectivity index (χ3v) is 4.94. The SMILES string of the molecule is Cc1ccc(-c2nc(C#N)c(NC[C@@H](c3ccco3)N3CCCC3)o2)cc1. The first-order valence-electron chi connectivity index (χ1n) is 9.24. The molecule has 2 aromatic heterocycles. The largest absolute Gasteiger partial charge is 0.468 e. The lowest BCUT2D eigenvalue weighted by Gasteiger charge is -2.25. The molecule has 1 saturated heterocycles. The van der Waals surface area contributed by atoms with Crippen molar-refractivity contribution in [1.82, 2.24) is 9.88 Å². The second-order valence-corrected chi connectivity index (χ2v) is 6.83. The summed E-state index contributed by atoms with van der Waals surface area (Å²) in [5, 5.41) is 12.7. The Balaban J connectivity index is 1.54. The number of nitriles is 1. The molecule has 1 atom stereocenters. The summed E-state index contributed by atoms with van der Waals surface area (Å²) in [4.78, 5) is 6.74. The maximum absolute atomic E-state index is 9.44. The number of aromatic nitrogens is 1. The van der Waals surface area contributed by atoms with E-state index in [0.717, 1.165) is 30.0 Å². The third-order valence-electron chi connectivity index (χ3n) is 4.94. The minimum atomic E-state index is 0.0990. The number of nitrogens with zero attached hydrogens (tertiary/aromatic N) is 3. The number of aryl methyl sites for hydroxylation is 1. The summed E-state index contributed by atoms with van der Waals surface area (Å²) in [5.74, 6) is 1.77. The Morgan fingerprint density at radius 3 is 2.67 bits per heavy atom. The summed E-state index contributed by atoms with van der Waals surface area (Å²) in [5.41, 5.74) is 2.29. The summed E-state index contributed by atoms with van der Waals surface area (Å²) in [6.45, 7) is 4.71. The summed E-state index contributed by atoms with van der Waals surface area (Å²) in [7, 11) is 0. The number of nitrogens with one attached hydrogen (secondary N) is 1. The van der Waals surface area contributed by atoms with E-state index in [4.69, 9.17) is 8.83 Å². The van der Waals surface area contributed by atoms with Gasteiger partial charge in [0.05, 0.1) is 12.3 Å². The molecule has 1 aromatic carbocycles. The van der Waals surface area contributed by atoms with Gasteiger partial charge >= 0.3 is 0 Å². The average molecular weight is 362 g/mol. The van der Waals surface area contributed by atoms with E-state index < -0.39 is 0 Å². The van der Waals surface area contributed by atoms with Gasteiger partial charge in [0.15, 0.2) is 0 Å². The standard InChI is InChI=1S/C21H22N4O2/c1-15-6-8-16(9-7-15)20-24-17(13-22)21(27-20)23-14-18(19-5-4-12-26-19)25-10-2-3-11-25/h4-9,12,18,23H,2-3,10-11,14H2,1H3/t18-/m0/s1. The molecule has 0 radical (unpaired) electrons. The number of furan rings is 1. The fourth-order valence-corrected chi connectivity index (χ4v) is 3.47. The molecule has 27 heavy (non-hydrogen) atoms. The zero-order chi connectivity index (χ0) is 18.6. The van der Waals surface area contributed by atoms with Gasteiger partial charge in [0, 0.05) is 12.1 Å². The van der Waals surface area contributed by atoms with Crippen LogP contribution in [0.15, 0.2) is 51.5 Å². The van der Waals surface area contributed by atoms with Crippen molar-refractivity contribution in [2.24, 2.45) is 0 Å². The van der Waals surface area contributed by atoms with Crippen LogP contribution in [-0.2, 0) is 0 Å². The van der Waals surface area contributed by atoms with Crippen LogP contribution in [0, 0.1) is 18.3 Å². The first kappa shape index (κ1) is 17.4. The zero-order valence-corrected chi connectivity index (χ0v) is 15.3. The van der Waals surface area contributed by atoms with Gasteiger partial charge in [-0.25, -0.2) is 0 Å². The molecule has 1 aliphatic rings. The van der Waals surface area contributed by atoms with Crippen LogP contribution < -0.4 is 5.32 Å². The lowest BCUT2D eigenvalue weighted by atomic mass is 10.1. The number of rotatable bonds is 6. The molecule has 0 aliphatic carbocycles. The highest BCUT2D eigenvalue weighted by molar-refractivity contribution is 5.59. The van der Waals surface area contributed by atoms with Crippen molar-refractivity contribution < 1.29 is 8.83 Å². The number of likely N-dealkylation sites (tertiary alicyclic amines) is 1. The zero-order valence-electron chi connectivity index (χ0n) is 15.3. The Labute approximate surface area is 158 Å². The van der Waals surface area contributed by atoms with Crippen molar-refractivity contribution in [1.29, 1.82) is 5.26 Å². The summed E-state index contributed by atoms with van der Waals surface area (Å²) in [6.07, 6.45) is 4.09. The lowest BCUT2D eigenvalue weighted by Crippen LogP contribution is -2.30. The first-order chi connectivity index (χ1) is 13.2. The number of benzene rings is 1. The minimum Gasteiger partial charge on any atom is -0.468 e. The third kappa shape index (κ3) is 3.74. The van der Waals surface area contributed by atoms with E-state index in [2.05, 4.69) is 21.3 Å². The second-order valence-electron chi connectivity index (χ2n) is 6.83. The molecule has 6 nitrogen and oxygen atoms in total. The van der Waals surface area contributed by atoms with Gasteiger partial charge in [0.25, 0.3) is 0 Å². The van der Waals surface area contributed by atoms with E-state index >= 15 is 0 Å². The van der Waals surface area contributed by atoms with Crippen molar-refractivity contribution >= 4 is 5.88 Å². The van der Waals surface area contributed by atoms with Crippen LogP contribution in [0.1, 0.15) is 35.9 Å². The Kier molecular flexibility index (Phi) is 4.95. The summed E-state index contributed by atoms with van der Waals surface area (Å²) in [6, 6.07) is 14.0. The molecule has 1 aliphatic heterocycles. The molecular formula is C21H22N4O2. The van der Waals surface area contributed by atoms with Gasteiger partial charge in [-0.15, -0.1) is 0 Å². The van der Waals surface area contributed by atoms with Crippen molar-refractivity contribution in [3.05, 3.63) is 59.7 Å². The minimum absolute atomic E-state index is 0.0990. The maximum Gasteiger partial charge on any atom is 0.232 e. The topological polar surface area (TPSA) is 78.2 Å². The molecule has 0 spiro atoms. The molecule has 1 fully saturated rings. The Bertz CT molecular complexity index is 916. The average Bonchev–Trinajstić information content (AvgIpc) is 3.45. The van der Waals surface area contributed by atoms with Gasteiger partial charge in [-0.1, -0.05) is 17.7 Å². The normalized spacial score (nSPS) is 15.6. The molecule has 0 bridgehead atoms. The van der Waals surface area contributed by atoms with Crippen molar-refractivity contribution in [2.75, 3.05) is 25.0 Å². The highest BCUT2D eigenvalue weighted by Crippen LogP contribution is 2.29. The van der Waals surface area contributed by atoms with E-state index in [1.165, 1.54) is 12.8 Å². The van der Waals surface area contributed by atoms with Gasteiger partial charge in [-0.05, 0) is 57.1 Å². The van der Waals surface area contributed by atoms with Crippen LogP contribution in [0.25, 0.3) is 11.5 Å². The number of hydrogen-bond acceptors (Lipinski definition) is 6. The first-order valence-corrected chi connectivity index (χ1v) is 9.24. The molecule has 1 N–H and O–H groups in total. The van der Waals surface area contributed by atoms with E-state index in [-0.39, 0.29) is 11.7 Å². The second kappa shape index (κ2) is 7.68. The van der Waals surface area contributed by atoms with Crippen LogP contribution in [0.5, 0.6) is 0 Å². The monoisotopic (exact) mass is 362 g/mol. The van der Waals surface area contributed by atoms with Crippen LogP contribution in [0.3, 0.4) is 0 Å². The van der Waals surface area contributed by atoms with Gasteiger partial charge in [-0.3, -0.25) is 4.90 Å². The maximum atomic E-state index is 9.44. The molecule has 4 rings (SSSR count). The fraction of sp³-hybridized carbons (Fsp3) is 0.333. The predicted molar refractivity (Wildman–Crippen MR) is 102 cm³/mol. The molecule has 0 saturated carbocycles.